The van der Waals surface area contributed by atoms with Crippen molar-refractivity contribution in [1.29, 1.82) is 0 Å². The highest BCUT2D eigenvalue weighted by molar-refractivity contribution is 6.35. The molecule has 8 aromatic rings. The van der Waals surface area contributed by atoms with Gasteiger partial charge in [0.15, 0.2) is 11.6 Å². The number of aliphatic hydroxyl groups is 3. The summed E-state index contributed by atoms with van der Waals surface area (Å²) in [4.78, 5) is 32.4. The zero-order valence-corrected chi connectivity index (χ0v) is 38.5. The maximum absolute atomic E-state index is 15.1. The van der Waals surface area contributed by atoms with E-state index in [1.54, 1.807) is 24.4 Å². The van der Waals surface area contributed by atoms with Crippen molar-refractivity contribution in [1.82, 2.24) is 30.2 Å². The van der Waals surface area contributed by atoms with Crippen molar-refractivity contribution in [3.05, 3.63) is 171 Å². The van der Waals surface area contributed by atoms with Gasteiger partial charge in [-0.1, -0.05) is 84.7 Å². The molecule has 1 unspecified atom stereocenters. The number of nitrogens with one attached hydrogen (secondary N) is 3. The van der Waals surface area contributed by atoms with Crippen LogP contribution in [0.4, 0.5) is 29.3 Å². The van der Waals surface area contributed by atoms with Gasteiger partial charge in [0.1, 0.15) is 34.6 Å². The van der Waals surface area contributed by atoms with Crippen LogP contribution in [-0.2, 0) is 31.7 Å². The number of nitrogens with zero attached hydrogens (tertiary/aromatic N) is 5. The highest BCUT2D eigenvalue weighted by Crippen LogP contribution is 2.36. The number of anilines is 2. The second-order valence-electron chi connectivity index (χ2n) is 16.1. The Labute approximate surface area is 399 Å². The first kappa shape index (κ1) is 49.0. The van der Waals surface area contributed by atoms with Gasteiger partial charge in [0.05, 0.1) is 44.8 Å². The van der Waals surface area contributed by atoms with Gasteiger partial charge in [-0.2, -0.15) is 0 Å². The number of hydrogen-bond acceptors (Lipinski definition) is 11. The maximum atomic E-state index is 15.1. The summed E-state index contributed by atoms with van der Waals surface area (Å²) in [5, 5.41) is 39.7. The zero-order valence-electron chi connectivity index (χ0n) is 37.0. The fourth-order valence-electron chi connectivity index (χ4n) is 7.14. The summed E-state index contributed by atoms with van der Waals surface area (Å²) in [6, 6.07) is 25.1. The van der Waals surface area contributed by atoms with E-state index in [1.807, 2.05) is 49.4 Å². The minimum atomic E-state index is -1.27. The number of primary amides is 1. The topological polar surface area (TPSA) is 204 Å². The van der Waals surface area contributed by atoms with Gasteiger partial charge >= 0.3 is 6.03 Å². The van der Waals surface area contributed by atoms with Crippen molar-refractivity contribution < 1.29 is 33.3 Å². The van der Waals surface area contributed by atoms with E-state index in [-0.39, 0.29) is 51.1 Å². The fraction of sp³-hybridized carbons (Fsp3) is 0.200. The molecule has 8 N–H and O–H groups in total. The molecule has 0 fully saturated rings. The summed E-state index contributed by atoms with van der Waals surface area (Å²) in [7, 11) is 0. The molecule has 0 aliphatic rings. The Kier molecular flexibility index (Phi) is 15.4. The second-order valence-corrected chi connectivity index (χ2v) is 16.9. The molecule has 1 atom stereocenters. The number of halogens is 5. The zero-order chi connectivity index (χ0) is 48.7. The molecule has 350 valence electrons. The molecule has 0 aliphatic carbocycles. The summed E-state index contributed by atoms with van der Waals surface area (Å²) in [6.07, 6.45) is 3.65. The van der Waals surface area contributed by atoms with E-state index in [2.05, 4.69) is 40.9 Å². The van der Waals surface area contributed by atoms with Gasteiger partial charge in [-0.25, -0.2) is 37.9 Å². The summed E-state index contributed by atoms with van der Waals surface area (Å²) >= 11 is 13.1. The van der Waals surface area contributed by atoms with E-state index in [9.17, 15) is 28.9 Å². The molecule has 0 aliphatic heterocycles. The number of aryl methyl sites for hydroxylation is 1. The van der Waals surface area contributed by atoms with E-state index in [0.29, 0.717) is 52.7 Å². The number of pyridine rings is 3. The molecule has 8 rings (SSSR count). The van der Waals surface area contributed by atoms with Crippen LogP contribution in [0.15, 0.2) is 110 Å². The molecule has 4 aromatic heterocycles. The average Bonchev–Trinajstić information content (AvgIpc) is 3.33. The minimum absolute atomic E-state index is 0.0302. The number of hydrogen-bond donors (Lipinski definition) is 7. The van der Waals surface area contributed by atoms with Crippen LogP contribution in [0.2, 0.25) is 10.0 Å². The van der Waals surface area contributed by atoms with Crippen molar-refractivity contribution in [2.75, 3.05) is 17.2 Å². The van der Waals surface area contributed by atoms with Crippen molar-refractivity contribution in [2.45, 2.75) is 58.5 Å². The highest BCUT2D eigenvalue weighted by atomic mass is 35.5. The monoisotopic (exact) mass is 963 g/mol. The maximum Gasteiger partial charge on any atom is 0.312 e. The Bertz CT molecular complexity index is 3110. The predicted octanol–water partition coefficient (Wildman–Crippen LogP) is 9.92. The van der Waals surface area contributed by atoms with Crippen molar-refractivity contribution in [2.24, 2.45) is 5.73 Å². The molecule has 13 nitrogen and oxygen atoms in total. The minimum Gasteiger partial charge on any atom is -0.393 e. The van der Waals surface area contributed by atoms with Crippen LogP contribution in [0.1, 0.15) is 60.6 Å². The molecule has 0 saturated heterocycles. The van der Waals surface area contributed by atoms with Crippen LogP contribution in [0, 0.1) is 17.5 Å². The number of rotatable bonds is 14. The summed E-state index contributed by atoms with van der Waals surface area (Å²) in [5.74, 6) is -1.26. The molecule has 2 amide bonds. The highest BCUT2D eigenvalue weighted by Gasteiger charge is 2.22. The Balaban J connectivity index is 0.000000204. The second kappa shape index (κ2) is 21.3. The molecule has 68 heavy (non-hydrogen) atoms. The molecule has 0 saturated carbocycles. The van der Waals surface area contributed by atoms with Gasteiger partial charge in [-0.3, -0.25) is 4.98 Å². The fourth-order valence-corrected chi connectivity index (χ4v) is 7.69. The van der Waals surface area contributed by atoms with Crippen LogP contribution < -0.4 is 21.7 Å². The van der Waals surface area contributed by atoms with Crippen LogP contribution in [0.3, 0.4) is 0 Å². The lowest BCUT2D eigenvalue weighted by Gasteiger charge is -2.17. The summed E-state index contributed by atoms with van der Waals surface area (Å²) < 4.78 is 43.6. The molecular formula is C50H46Cl2F3N9O4. The molecular weight excluding hydrogens is 919 g/mol. The third-order valence-corrected chi connectivity index (χ3v) is 11.5. The number of urea groups is 1. The molecule has 4 heterocycles. The lowest BCUT2D eigenvalue weighted by molar-refractivity contribution is 0.0687. The lowest BCUT2D eigenvalue weighted by atomic mass is 10.0. The SMILES string of the molecule is CCc1nc2cc(F)c(-c3cnc(C(C)(C)O)nc3)nc2c(NCc2cc(C(O)CO)ccc2F)c1Cl.NC(=O)NCc1ccc(-c2ccc3ncc(Cl)c(NCc4ccccc4F)c3c2)cc1. The van der Waals surface area contributed by atoms with Crippen LogP contribution in [-0.4, -0.2) is 52.9 Å². The van der Waals surface area contributed by atoms with Crippen LogP contribution in [0.5, 0.6) is 0 Å². The third kappa shape index (κ3) is 11.4. The molecule has 0 bridgehead atoms. The van der Waals surface area contributed by atoms with Gasteiger partial charge < -0.3 is 37.0 Å². The summed E-state index contributed by atoms with van der Waals surface area (Å²) in [6.45, 7) is 5.07. The quantitative estimate of drug-likeness (QED) is 0.0546. The summed E-state index contributed by atoms with van der Waals surface area (Å²) in [5.41, 5.74) is 11.0. The van der Waals surface area contributed by atoms with Gasteiger partial charge in [0.25, 0.3) is 0 Å². The number of fused-ring (bicyclic) bond motifs is 2. The Morgan fingerprint density at radius 3 is 2.10 bits per heavy atom. The Morgan fingerprint density at radius 1 is 0.750 bits per heavy atom. The predicted molar refractivity (Wildman–Crippen MR) is 258 cm³/mol. The Morgan fingerprint density at radius 2 is 1.43 bits per heavy atom. The number of nitrogens with two attached hydrogens (primary N) is 1. The average molecular weight is 965 g/mol. The van der Waals surface area contributed by atoms with Crippen LogP contribution >= 0.6 is 23.2 Å². The normalized spacial score (nSPS) is 11.8. The van der Waals surface area contributed by atoms with Gasteiger partial charge in [-0.05, 0) is 72.9 Å². The van der Waals surface area contributed by atoms with E-state index in [0.717, 1.165) is 27.6 Å². The largest absolute Gasteiger partial charge is 0.393 e. The van der Waals surface area contributed by atoms with E-state index >= 15 is 4.39 Å². The van der Waals surface area contributed by atoms with Crippen molar-refractivity contribution in [3.8, 4) is 22.4 Å². The van der Waals surface area contributed by atoms with Crippen molar-refractivity contribution in [3.63, 3.8) is 0 Å². The first-order chi connectivity index (χ1) is 32.5. The van der Waals surface area contributed by atoms with Gasteiger partial charge in [0, 0.05) is 66.4 Å². The molecule has 0 radical (unpaired) electrons. The molecule has 18 heteroatoms. The van der Waals surface area contributed by atoms with Gasteiger partial charge in [0.2, 0.25) is 0 Å². The van der Waals surface area contributed by atoms with E-state index in [1.165, 1.54) is 56.6 Å². The number of benzene rings is 4. The van der Waals surface area contributed by atoms with Crippen LogP contribution in [0.25, 0.3) is 44.3 Å². The Hall–Kier alpha value is -6.95. The number of carbonyl (C=O) groups is 1. The first-order valence-electron chi connectivity index (χ1n) is 21.3. The number of aliphatic hydroxyl groups excluding tert-OH is 2. The first-order valence-corrected chi connectivity index (χ1v) is 22.0. The van der Waals surface area contributed by atoms with E-state index < -0.39 is 36.0 Å². The lowest BCUT2D eigenvalue weighted by Crippen LogP contribution is -2.28. The third-order valence-electron chi connectivity index (χ3n) is 10.8. The smallest absolute Gasteiger partial charge is 0.312 e. The molecule has 0 spiro atoms. The molecule has 4 aromatic carbocycles. The van der Waals surface area contributed by atoms with Crippen molar-refractivity contribution >= 4 is 62.5 Å². The number of carbonyl (C=O) groups excluding carboxylic acids is 1. The van der Waals surface area contributed by atoms with Gasteiger partial charge in [-0.15, -0.1) is 0 Å². The number of amides is 2. The standard InChI is InChI=1S/C26H26ClF2N5O3.C24H20ClFN4O/c1-4-18-21(27)24(30-9-14-7-13(20(36)12-35)5-6-16(14)28)23-19(33-18)8-17(29)22(34-23)15-10-31-25(32-11-15)26(2,3)37;25-20-14-28-22-10-9-17(16-7-5-15(6-8-16)12-30-24(27)31)11-19(22)23(20)29-13-18-3-1-2-4-21(18)26/h5-8,10-11,20,35-37H,4,9,12H2,1-3H3,(H,30,33);1-11,14H,12-13H2,(H,28,29)(H3,27,30,31). The number of aromatic nitrogens is 5. The van der Waals surface area contributed by atoms with E-state index in [4.69, 9.17) is 28.9 Å².